The Hall–Kier alpha value is -2.36. The number of esters is 1. The minimum absolute atomic E-state index is 0.0313. The van der Waals surface area contributed by atoms with E-state index in [0.29, 0.717) is 5.02 Å². The second-order valence-corrected chi connectivity index (χ2v) is 8.54. The van der Waals surface area contributed by atoms with Crippen molar-refractivity contribution in [1.82, 2.24) is 4.90 Å². The second kappa shape index (κ2) is 7.57. The average Bonchev–Trinajstić information content (AvgIpc) is 3.25. The molecule has 0 aliphatic carbocycles. The lowest BCUT2D eigenvalue weighted by Gasteiger charge is -2.16. The van der Waals surface area contributed by atoms with E-state index in [-0.39, 0.29) is 35.4 Å². The first-order valence-electron chi connectivity index (χ1n) is 8.37. The lowest BCUT2D eigenvalue weighted by molar-refractivity contribution is -0.145. The maximum atomic E-state index is 12.9. The van der Waals surface area contributed by atoms with Gasteiger partial charge in [-0.25, -0.2) is 13.6 Å². The van der Waals surface area contributed by atoms with E-state index in [1.165, 1.54) is 18.9 Å². The number of carbonyl (C=O) groups is 2. The molecule has 1 amide bonds. The Morgan fingerprint density at radius 2 is 1.89 bits per heavy atom. The highest BCUT2D eigenvalue weighted by molar-refractivity contribution is 7.89. The normalized spacial score (nSPS) is 19.6. The SMILES string of the molecule is COC(=O)[C@@H]1CN(C(=O)c2cc(S(N)(=O)=O)c(C)o2)C[C@H]1c1ccc(Cl)cc1. The fraction of sp³-hybridized carbons (Fsp3) is 0.333. The van der Waals surface area contributed by atoms with Crippen molar-refractivity contribution < 1.29 is 27.2 Å². The molecule has 0 saturated carbocycles. The Kier molecular flexibility index (Phi) is 5.51. The number of primary sulfonamides is 1. The van der Waals surface area contributed by atoms with Gasteiger partial charge in [-0.2, -0.15) is 0 Å². The number of halogens is 1. The number of likely N-dealkylation sites (tertiary alicyclic amines) is 1. The highest BCUT2D eigenvalue weighted by Crippen LogP contribution is 2.35. The first-order valence-corrected chi connectivity index (χ1v) is 10.3. The second-order valence-electron chi connectivity index (χ2n) is 6.57. The van der Waals surface area contributed by atoms with Gasteiger partial charge in [0.25, 0.3) is 5.91 Å². The molecule has 1 aromatic carbocycles. The number of ether oxygens (including phenoxy) is 1. The summed E-state index contributed by atoms with van der Waals surface area (Å²) in [6.45, 7) is 1.77. The van der Waals surface area contributed by atoms with Crippen molar-refractivity contribution in [3.63, 3.8) is 0 Å². The maximum Gasteiger partial charge on any atom is 0.311 e. The van der Waals surface area contributed by atoms with Crippen LogP contribution in [0.2, 0.25) is 5.02 Å². The zero-order chi connectivity index (χ0) is 20.6. The third-order valence-electron chi connectivity index (χ3n) is 4.80. The van der Waals surface area contributed by atoms with E-state index >= 15 is 0 Å². The van der Waals surface area contributed by atoms with Crippen molar-refractivity contribution >= 4 is 33.5 Å². The number of hydrogen-bond donors (Lipinski definition) is 1. The van der Waals surface area contributed by atoms with E-state index in [0.717, 1.165) is 11.6 Å². The van der Waals surface area contributed by atoms with E-state index in [4.69, 9.17) is 25.9 Å². The highest BCUT2D eigenvalue weighted by Gasteiger charge is 2.42. The molecule has 1 aliphatic heterocycles. The van der Waals surface area contributed by atoms with Crippen molar-refractivity contribution in [1.29, 1.82) is 0 Å². The van der Waals surface area contributed by atoms with Crippen molar-refractivity contribution in [3.8, 4) is 0 Å². The number of sulfonamides is 1. The summed E-state index contributed by atoms with van der Waals surface area (Å²) in [7, 11) is -2.72. The van der Waals surface area contributed by atoms with Crippen LogP contribution in [-0.4, -0.2) is 45.4 Å². The number of furan rings is 1. The van der Waals surface area contributed by atoms with Crippen LogP contribution in [0.15, 0.2) is 39.6 Å². The fourth-order valence-electron chi connectivity index (χ4n) is 3.42. The monoisotopic (exact) mass is 426 g/mol. The van der Waals surface area contributed by atoms with Crippen LogP contribution in [0.25, 0.3) is 0 Å². The summed E-state index contributed by atoms with van der Waals surface area (Å²) in [6, 6.07) is 8.13. The number of aryl methyl sites for hydroxylation is 1. The van der Waals surface area contributed by atoms with Crippen LogP contribution >= 0.6 is 11.6 Å². The lowest BCUT2D eigenvalue weighted by Crippen LogP contribution is -2.30. The molecule has 1 fully saturated rings. The Morgan fingerprint density at radius 3 is 2.43 bits per heavy atom. The van der Waals surface area contributed by atoms with Gasteiger partial charge >= 0.3 is 5.97 Å². The molecule has 2 N–H and O–H groups in total. The van der Waals surface area contributed by atoms with Crippen LogP contribution in [-0.2, 0) is 19.6 Å². The van der Waals surface area contributed by atoms with Gasteiger partial charge in [0.15, 0.2) is 5.76 Å². The molecule has 8 nitrogen and oxygen atoms in total. The van der Waals surface area contributed by atoms with Crippen LogP contribution < -0.4 is 5.14 Å². The van der Waals surface area contributed by atoms with Gasteiger partial charge in [0.05, 0.1) is 13.0 Å². The smallest absolute Gasteiger partial charge is 0.311 e. The molecule has 1 saturated heterocycles. The van der Waals surface area contributed by atoms with Gasteiger partial charge in [-0.15, -0.1) is 0 Å². The number of methoxy groups -OCH3 is 1. The van der Waals surface area contributed by atoms with Crippen LogP contribution in [0.1, 0.15) is 27.8 Å². The molecule has 1 aromatic heterocycles. The number of nitrogens with two attached hydrogens (primary N) is 1. The Bertz CT molecular complexity index is 1020. The van der Waals surface area contributed by atoms with Crippen molar-refractivity contribution in [2.45, 2.75) is 17.7 Å². The van der Waals surface area contributed by atoms with Gasteiger partial charge in [-0.1, -0.05) is 23.7 Å². The minimum atomic E-state index is -4.01. The Morgan fingerprint density at radius 1 is 1.25 bits per heavy atom. The molecule has 0 bridgehead atoms. The fourth-order valence-corrected chi connectivity index (χ4v) is 4.26. The van der Waals surface area contributed by atoms with Gasteiger partial charge < -0.3 is 14.1 Å². The van der Waals surface area contributed by atoms with Crippen LogP contribution in [0, 0.1) is 12.8 Å². The molecule has 2 atom stereocenters. The first-order chi connectivity index (χ1) is 13.1. The number of carbonyl (C=O) groups excluding carboxylic acids is 2. The summed E-state index contributed by atoms with van der Waals surface area (Å²) < 4.78 is 33.4. The van der Waals surface area contributed by atoms with Crippen LogP contribution in [0.5, 0.6) is 0 Å². The summed E-state index contributed by atoms with van der Waals surface area (Å²) in [5.74, 6) is -1.93. The van der Waals surface area contributed by atoms with E-state index in [9.17, 15) is 18.0 Å². The first kappa shape index (κ1) is 20.4. The van der Waals surface area contributed by atoms with E-state index in [2.05, 4.69) is 0 Å². The zero-order valence-corrected chi connectivity index (χ0v) is 16.8. The van der Waals surface area contributed by atoms with Gasteiger partial charge in [0.1, 0.15) is 10.7 Å². The molecule has 28 heavy (non-hydrogen) atoms. The molecule has 1 aliphatic rings. The molecular weight excluding hydrogens is 408 g/mol. The molecule has 0 radical (unpaired) electrons. The maximum absolute atomic E-state index is 12.9. The molecule has 2 aromatic rings. The van der Waals surface area contributed by atoms with E-state index in [1.807, 2.05) is 0 Å². The average molecular weight is 427 g/mol. The standard InChI is InChI=1S/C18H19ClN2O6S/c1-10-16(28(20,24)25)7-15(27-10)17(22)21-8-13(14(9-21)18(23)26-2)11-3-5-12(19)6-4-11/h3-7,13-14H,8-9H2,1-2H3,(H2,20,24,25)/t13-,14+/m0/s1. The Balaban J connectivity index is 1.90. The summed E-state index contributed by atoms with van der Waals surface area (Å²) in [5.41, 5.74) is 0.843. The third kappa shape index (κ3) is 3.91. The van der Waals surface area contributed by atoms with Gasteiger partial charge in [0, 0.05) is 30.1 Å². The van der Waals surface area contributed by atoms with Crippen molar-refractivity contribution in [2.75, 3.05) is 20.2 Å². The highest BCUT2D eigenvalue weighted by atomic mass is 35.5. The molecule has 2 heterocycles. The molecule has 150 valence electrons. The lowest BCUT2D eigenvalue weighted by atomic mass is 9.89. The van der Waals surface area contributed by atoms with Gasteiger partial charge in [0.2, 0.25) is 10.0 Å². The number of amides is 1. The number of nitrogens with zero attached hydrogens (tertiary/aromatic N) is 1. The molecular formula is C18H19ClN2O6S. The zero-order valence-electron chi connectivity index (χ0n) is 15.2. The number of benzene rings is 1. The Labute approximate surface area is 167 Å². The topological polar surface area (TPSA) is 120 Å². The summed E-state index contributed by atoms with van der Waals surface area (Å²) in [6.07, 6.45) is 0. The summed E-state index contributed by atoms with van der Waals surface area (Å²) >= 11 is 5.93. The van der Waals surface area contributed by atoms with E-state index < -0.39 is 27.8 Å². The molecule has 0 spiro atoms. The van der Waals surface area contributed by atoms with Crippen molar-refractivity contribution in [3.05, 3.63) is 52.4 Å². The van der Waals surface area contributed by atoms with Crippen LogP contribution in [0.4, 0.5) is 0 Å². The predicted octanol–water partition coefficient (Wildman–Crippen LogP) is 1.92. The summed E-state index contributed by atoms with van der Waals surface area (Å²) in [4.78, 5) is 26.3. The van der Waals surface area contributed by atoms with Crippen LogP contribution in [0.3, 0.4) is 0 Å². The number of hydrogen-bond acceptors (Lipinski definition) is 6. The van der Waals surface area contributed by atoms with E-state index in [1.54, 1.807) is 24.3 Å². The largest absolute Gasteiger partial charge is 0.469 e. The minimum Gasteiger partial charge on any atom is -0.469 e. The van der Waals surface area contributed by atoms with Crippen molar-refractivity contribution in [2.24, 2.45) is 11.1 Å². The van der Waals surface area contributed by atoms with Gasteiger partial charge in [-0.3, -0.25) is 9.59 Å². The quantitative estimate of drug-likeness (QED) is 0.745. The predicted molar refractivity (Wildman–Crippen MR) is 100 cm³/mol. The summed E-state index contributed by atoms with van der Waals surface area (Å²) in [5, 5.41) is 5.69. The third-order valence-corrected chi connectivity index (χ3v) is 6.07. The van der Waals surface area contributed by atoms with Gasteiger partial charge in [-0.05, 0) is 24.6 Å². The molecule has 10 heteroatoms. The number of rotatable bonds is 4. The molecule has 3 rings (SSSR count). The molecule has 0 unspecified atom stereocenters.